The molecule has 0 saturated heterocycles. The van der Waals surface area contributed by atoms with Gasteiger partial charge in [-0.25, -0.2) is 14.5 Å². The SMILES string of the molecule is C=CC1=C(C)c2cc3[nH]c(c4c5nc(cc6[nH]c(cc1n2)c(C)c6CC)C(C)=C5C(=O)C4)C(CCC(=O)OC(COC(=O)CCCCCCCCCCCCCCC)COP(=O)(OC)OCCN(C)C)C3C. The molecule has 0 spiro atoms. The number of nitrogens with one attached hydrogen (secondary N) is 2. The number of allylic oxidation sites excluding steroid dienone is 5. The fraction of sp³-hybridized carbons (Fsp3) is 0.596. The van der Waals surface area contributed by atoms with Gasteiger partial charge in [0.15, 0.2) is 11.9 Å². The van der Waals surface area contributed by atoms with Gasteiger partial charge in [0.2, 0.25) is 0 Å². The summed E-state index contributed by atoms with van der Waals surface area (Å²) < 4.78 is 41.4. The maximum absolute atomic E-state index is 14.0. The highest BCUT2D eigenvalue weighted by Crippen LogP contribution is 2.49. The zero-order chi connectivity index (χ0) is 52.0. The third kappa shape index (κ3) is 14.5. The Hall–Kier alpha value is -4.72. The number of hydrogen-bond donors (Lipinski definition) is 2. The summed E-state index contributed by atoms with van der Waals surface area (Å²) in [7, 11) is 0.911. The number of aryl methyl sites for hydroxylation is 2. The number of H-pyrrole nitrogens is 2. The molecule has 72 heavy (non-hydrogen) atoms. The number of carbonyl (C=O) groups excluding carboxylic acids is 3. The quantitative estimate of drug-likeness (QED) is 0.0431. The van der Waals surface area contributed by atoms with E-state index in [1.165, 1.54) is 70.5 Å². The number of fused-ring (bicyclic) bond motifs is 8. The maximum Gasteiger partial charge on any atom is 0.474 e. The van der Waals surface area contributed by atoms with Gasteiger partial charge in [0.05, 0.1) is 36.0 Å². The van der Waals surface area contributed by atoms with Gasteiger partial charge >= 0.3 is 19.8 Å². The van der Waals surface area contributed by atoms with Crippen LogP contribution in [0.3, 0.4) is 0 Å². The number of hydrogen-bond acceptors (Lipinski definition) is 12. The summed E-state index contributed by atoms with van der Waals surface area (Å²) >= 11 is 0. The van der Waals surface area contributed by atoms with Crippen LogP contribution < -0.4 is 0 Å². The number of aromatic amines is 2. The van der Waals surface area contributed by atoms with Crippen LogP contribution in [0.2, 0.25) is 0 Å². The van der Waals surface area contributed by atoms with Crippen molar-refractivity contribution in [1.82, 2.24) is 24.8 Å². The lowest BCUT2D eigenvalue weighted by Gasteiger charge is -2.22. The minimum absolute atomic E-state index is 0.00930. The van der Waals surface area contributed by atoms with Crippen molar-refractivity contribution in [2.45, 2.75) is 175 Å². The molecule has 6 rings (SSSR count). The zero-order valence-corrected chi connectivity index (χ0v) is 45.7. The lowest BCUT2D eigenvalue weighted by molar-refractivity contribution is -0.161. The minimum atomic E-state index is -4.03. The van der Waals surface area contributed by atoms with Gasteiger partial charge in [0.25, 0.3) is 0 Å². The van der Waals surface area contributed by atoms with E-state index in [2.05, 4.69) is 56.4 Å². The summed E-state index contributed by atoms with van der Waals surface area (Å²) in [6, 6.07) is 6.19. The van der Waals surface area contributed by atoms with Gasteiger partial charge in [-0.15, -0.1) is 0 Å². The van der Waals surface area contributed by atoms with E-state index in [4.69, 9.17) is 33.0 Å². The van der Waals surface area contributed by atoms with Crippen molar-refractivity contribution in [2.75, 3.05) is 47.6 Å². The van der Waals surface area contributed by atoms with Crippen LogP contribution in [0.25, 0.3) is 33.3 Å². The molecule has 0 radical (unpaired) electrons. The van der Waals surface area contributed by atoms with E-state index in [0.717, 1.165) is 93.0 Å². The molecule has 5 heterocycles. The molecule has 2 N–H and O–H groups in total. The van der Waals surface area contributed by atoms with Crippen LogP contribution in [0.4, 0.5) is 0 Å². The van der Waals surface area contributed by atoms with E-state index in [9.17, 15) is 18.9 Å². The normalized spacial score (nSPS) is 17.2. The van der Waals surface area contributed by atoms with Crippen molar-refractivity contribution in [1.29, 1.82) is 0 Å². The Kier molecular flexibility index (Phi) is 21.2. The van der Waals surface area contributed by atoms with E-state index in [0.29, 0.717) is 30.7 Å². The van der Waals surface area contributed by atoms with Crippen molar-refractivity contribution < 1.29 is 42.0 Å². The number of rotatable bonds is 30. The summed E-state index contributed by atoms with van der Waals surface area (Å²) in [6.07, 6.45) is 17.9. The van der Waals surface area contributed by atoms with E-state index >= 15 is 0 Å². The van der Waals surface area contributed by atoms with Crippen molar-refractivity contribution in [3.05, 3.63) is 81.7 Å². The molecule has 394 valence electrons. The molecule has 4 atom stereocenters. The van der Waals surface area contributed by atoms with Crippen LogP contribution in [0.5, 0.6) is 0 Å². The molecule has 0 amide bonds. The van der Waals surface area contributed by atoms with Gasteiger partial charge in [-0.2, -0.15) is 0 Å². The number of likely N-dealkylation sites (N-methyl/N-ethyl adjacent to an activating group) is 1. The van der Waals surface area contributed by atoms with Crippen molar-refractivity contribution >= 4 is 58.9 Å². The van der Waals surface area contributed by atoms with E-state index in [1.54, 1.807) is 0 Å². The fourth-order valence-corrected chi connectivity index (χ4v) is 11.2. The molecular formula is C57H82N5O9P. The fourth-order valence-electron chi connectivity index (χ4n) is 10.3. The molecule has 0 saturated carbocycles. The maximum atomic E-state index is 14.0. The molecule has 0 aromatic carbocycles. The smallest absolute Gasteiger partial charge is 0.462 e. The zero-order valence-electron chi connectivity index (χ0n) is 44.8. The Bertz CT molecular complexity index is 2590. The van der Waals surface area contributed by atoms with E-state index < -0.39 is 25.9 Å². The van der Waals surface area contributed by atoms with Crippen LogP contribution in [0.1, 0.15) is 200 Å². The van der Waals surface area contributed by atoms with Gasteiger partial charge in [0, 0.05) is 83.9 Å². The summed E-state index contributed by atoms with van der Waals surface area (Å²) in [5.74, 6) is -1.30. The number of nitrogens with zero attached hydrogens (tertiary/aromatic N) is 3. The topological polar surface area (TPSA) is 175 Å². The number of esters is 2. The van der Waals surface area contributed by atoms with Gasteiger partial charge < -0.3 is 24.3 Å². The molecule has 3 aliphatic heterocycles. The molecule has 4 unspecified atom stereocenters. The Labute approximate surface area is 428 Å². The second kappa shape index (κ2) is 27.0. The van der Waals surface area contributed by atoms with Crippen LogP contribution in [0.15, 0.2) is 30.9 Å². The van der Waals surface area contributed by atoms with Gasteiger partial charge in [0.1, 0.15) is 6.61 Å². The van der Waals surface area contributed by atoms with Crippen molar-refractivity contribution in [2.24, 2.45) is 0 Å². The molecule has 2 aromatic rings. The van der Waals surface area contributed by atoms with E-state index in [-0.39, 0.29) is 56.7 Å². The first-order valence-electron chi connectivity index (χ1n) is 26.7. The van der Waals surface area contributed by atoms with Gasteiger partial charge in [-0.3, -0.25) is 28.0 Å². The second-order valence-corrected chi connectivity index (χ2v) is 21.9. The molecule has 2 aromatic heterocycles. The number of ether oxygens (including phenoxy) is 2. The van der Waals surface area contributed by atoms with Crippen LogP contribution in [-0.2, 0) is 54.8 Å². The Balaban J connectivity index is 1.18. The third-order valence-electron chi connectivity index (χ3n) is 14.7. The lowest BCUT2D eigenvalue weighted by Crippen LogP contribution is -2.30. The van der Waals surface area contributed by atoms with Crippen molar-refractivity contribution in [3.63, 3.8) is 0 Å². The highest BCUT2D eigenvalue weighted by atomic mass is 31.2. The third-order valence-corrected chi connectivity index (χ3v) is 16.1. The van der Waals surface area contributed by atoms with Crippen LogP contribution >= 0.6 is 7.82 Å². The molecule has 0 fully saturated rings. The number of carbonyl (C=O) groups is 3. The lowest BCUT2D eigenvalue weighted by atomic mass is 9.85. The summed E-state index contributed by atoms with van der Waals surface area (Å²) in [4.78, 5) is 60.4. The molecule has 4 aliphatic rings. The monoisotopic (exact) mass is 1010 g/mol. The first-order valence-corrected chi connectivity index (χ1v) is 28.2. The number of ketones is 1. The average molecular weight is 1010 g/mol. The Morgan fingerprint density at radius 1 is 0.833 bits per heavy atom. The number of aromatic nitrogens is 4. The van der Waals surface area contributed by atoms with Gasteiger partial charge in [-0.05, 0) is 94.6 Å². The average Bonchev–Trinajstić information content (AvgIpc) is 4.11. The summed E-state index contributed by atoms with van der Waals surface area (Å²) in [6.45, 7) is 16.6. The van der Waals surface area contributed by atoms with Crippen LogP contribution in [-0.4, -0.2) is 96.2 Å². The predicted octanol–water partition coefficient (Wildman–Crippen LogP) is 13.0. The Morgan fingerprint density at radius 2 is 1.49 bits per heavy atom. The first-order chi connectivity index (χ1) is 34.6. The largest absolute Gasteiger partial charge is 0.474 e. The molecule has 1 aliphatic carbocycles. The second-order valence-electron chi connectivity index (χ2n) is 20.2. The highest BCUT2D eigenvalue weighted by Gasteiger charge is 2.39. The van der Waals surface area contributed by atoms with Crippen LogP contribution in [0, 0.1) is 6.92 Å². The number of phosphoric acid groups is 1. The number of Topliss-reactive ketones (excluding diaryl/α,β-unsaturated/α-hetero) is 1. The van der Waals surface area contributed by atoms with E-state index in [1.807, 2.05) is 45.0 Å². The van der Waals surface area contributed by atoms with Crippen molar-refractivity contribution in [3.8, 4) is 0 Å². The molecule has 8 bridgehead atoms. The molecule has 14 nitrogen and oxygen atoms in total. The number of unbranched alkanes of at least 4 members (excludes halogenated alkanes) is 12. The summed E-state index contributed by atoms with van der Waals surface area (Å²) in [5.41, 5.74) is 13.2. The molecular weight excluding hydrogens is 930 g/mol. The predicted molar refractivity (Wildman–Crippen MR) is 287 cm³/mol. The summed E-state index contributed by atoms with van der Waals surface area (Å²) in [5, 5.41) is 0. The standard InChI is InChI=1S/C57H82N5O9P/c1-11-14-15-16-17-18-19-20-21-22-23-24-25-26-53(64)68-35-41(36-70-72(66,67-10)69-30-29-62(8)9)71-54(65)28-27-44-39(6)48-32-46-37(4)42(12-2)50(58-46)33-47-38(5)43(13-3)51(59-47)34-49-40(7)55-52(63)31-45(56(44)60-48)57(55)61-49/h12,32-34,39,41,44,59-60H,2,11,13-31,35-36H2,1,3-10H3. The highest BCUT2D eigenvalue weighted by molar-refractivity contribution is 7.48. The Morgan fingerprint density at radius 3 is 2.12 bits per heavy atom. The van der Waals surface area contributed by atoms with Gasteiger partial charge in [-0.1, -0.05) is 110 Å². The first kappa shape index (κ1) is 56.6. The number of phosphoric ester groups is 1. The molecule has 15 heteroatoms. The minimum Gasteiger partial charge on any atom is -0.462 e.